The first-order valence-electron chi connectivity index (χ1n) is 9.56. The van der Waals surface area contributed by atoms with Gasteiger partial charge < -0.3 is 19.4 Å². The van der Waals surface area contributed by atoms with Gasteiger partial charge in [0.25, 0.3) is 15.3 Å². The van der Waals surface area contributed by atoms with E-state index < -0.39 is 44.0 Å². The number of carbonyl (C=O) groups is 1. The van der Waals surface area contributed by atoms with Gasteiger partial charge in [-0.05, 0) is 58.8 Å². The van der Waals surface area contributed by atoms with Crippen molar-refractivity contribution in [1.82, 2.24) is 5.06 Å². The van der Waals surface area contributed by atoms with E-state index >= 15 is 0 Å². The molecule has 15 nitrogen and oxygen atoms in total. The van der Waals surface area contributed by atoms with Crippen LogP contribution >= 0.6 is 0 Å². The molecule has 2 unspecified atom stereocenters. The van der Waals surface area contributed by atoms with Crippen molar-refractivity contribution in [1.29, 1.82) is 0 Å². The molecule has 1 saturated heterocycles. The number of hydrogen-bond acceptors (Lipinski definition) is 12. The van der Waals surface area contributed by atoms with E-state index in [1.54, 1.807) is 27.7 Å². The summed E-state index contributed by atoms with van der Waals surface area (Å²) in [7, 11) is 0. The van der Waals surface area contributed by atoms with Crippen LogP contribution in [0.4, 0.5) is 0 Å². The average Bonchev–Trinajstić information content (AvgIpc) is 2.74. The van der Waals surface area contributed by atoms with Crippen LogP contribution in [0.1, 0.15) is 47.0 Å². The smallest absolute Gasteiger partial charge is 0.330 e. The minimum absolute atomic E-state index is 0.0414. The second kappa shape index (κ2) is 10.9. The molecular formula is C16H28N4O11. The summed E-state index contributed by atoms with van der Waals surface area (Å²) in [5, 5.41) is 30.1. The Morgan fingerprint density at radius 3 is 2.03 bits per heavy atom. The fraction of sp³-hybridized carbons (Fsp3) is 0.938. The monoisotopic (exact) mass is 452 g/mol. The molecular weight excluding hydrogens is 424 g/mol. The molecule has 0 N–H and O–H groups in total. The fourth-order valence-electron chi connectivity index (χ4n) is 3.33. The minimum atomic E-state index is -1.08. The molecule has 2 atom stereocenters. The maximum atomic E-state index is 12.7. The number of hydroxylamine groups is 2. The van der Waals surface area contributed by atoms with Crippen LogP contribution in [0.3, 0.4) is 0 Å². The standard InChI is InChI=1S/C16H28N4O11/c1-15(2,6-8-28-18(22)23)14(21)31-17-7-5-12(10-29-19(24)25)13(9-16(17,3)4)11-30-20(26)27/h12-13H,5-11H2,1-4H3. The first-order valence-corrected chi connectivity index (χ1v) is 9.56. The lowest BCUT2D eigenvalue weighted by molar-refractivity contribution is -0.763. The normalized spacial score (nSPS) is 21.4. The van der Waals surface area contributed by atoms with Gasteiger partial charge in [0.15, 0.2) is 0 Å². The summed E-state index contributed by atoms with van der Waals surface area (Å²) in [6.45, 7) is 6.00. The third-order valence-corrected chi connectivity index (χ3v) is 5.26. The van der Waals surface area contributed by atoms with E-state index in [9.17, 15) is 35.1 Å². The molecule has 0 saturated carbocycles. The van der Waals surface area contributed by atoms with Gasteiger partial charge in [0.1, 0.15) is 0 Å². The van der Waals surface area contributed by atoms with Gasteiger partial charge in [-0.3, -0.25) is 0 Å². The Hall–Kier alpha value is -2.97. The molecule has 0 aromatic rings. The molecule has 1 aliphatic rings. The molecule has 0 bridgehead atoms. The highest BCUT2D eigenvalue weighted by Gasteiger charge is 2.42. The Morgan fingerprint density at radius 1 is 1.00 bits per heavy atom. The van der Waals surface area contributed by atoms with E-state index in [0.717, 1.165) is 0 Å². The summed E-state index contributed by atoms with van der Waals surface area (Å²) >= 11 is 0. The van der Waals surface area contributed by atoms with Crippen LogP contribution in [-0.2, 0) is 24.1 Å². The molecule has 0 radical (unpaired) electrons. The van der Waals surface area contributed by atoms with Crippen molar-refractivity contribution < 1.29 is 39.4 Å². The van der Waals surface area contributed by atoms with Crippen molar-refractivity contribution in [3.8, 4) is 0 Å². The SMILES string of the molecule is CC(C)(CCO[N+](=O)[O-])C(=O)ON1CCC(CO[N+](=O)[O-])C(CO[N+](=O)[O-])CC1(C)C. The third kappa shape index (κ3) is 8.74. The van der Waals surface area contributed by atoms with Gasteiger partial charge in [-0.2, -0.15) is 0 Å². The Bertz CT molecular complexity index is 670. The van der Waals surface area contributed by atoms with Crippen LogP contribution < -0.4 is 0 Å². The zero-order chi connectivity index (χ0) is 23.8. The predicted molar refractivity (Wildman–Crippen MR) is 100 cm³/mol. The number of hydrogen-bond donors (Lipinski definition) is 0. The summed E-state index contributed by atoms with van der Waals surface area (Å²) in [4.78, 5) is 63.0. The van der Waals surface area contributed by atoms with Gasteiger partial charge in [-0.1, -0.05) is 0 Å². The molecule has 0 spiro atoms. The van der Waals surface area contributed by atoms with Gasteiger partial charge >= 0.3 is 5.97 Å². The summed E-state index contributed by atoms with van der Waals surface area (Å²) in [6.07, 6.45) is 0.603. The molecule has 0 aliphatic carbocycles. The lowest BCUT2D eigenvalue weighted by Gasteiger charge is -2.38. The average molecular weight is 452 g/mol. The number of rotatable bonds is 12. The second-order valence-corrected chi connectivity index (χ2v) is 8.54. The summed E-state index contributed by atoms with van der Waals surface area (Å²) in [5.74, 6) is -1.55. The Labute approximate surface area is 177 Å². The van der Waals surface area contributed by atoms with Crippen LogP contribution in [-0.4, -0.2) is 58.2 Å². The second-order valence-electron chi connectivity index (χ2n) is 8.54. The van der Waals surface area contributed by atoms with Gasteiger partial charge in [0.05, 0.1) is 30.8 Å². The first-order chi connectivity index (χ1) is 14.2. The highest BCUT2D eigenvalue weighted by Crippen LogP contribution is 2.36. The first kappa shape index (κ1) is 26.1. The van der Waals surface area contributed by atoms with Gasteiger partial charge in [0, 0.05) is 6.54 Å². The summed E-state index contributed by atoms with van der Waals surface area (Å²) < 4.78 is 0. The van der Waals surface area contributed by atoms with Gasteiger partial charge in [-0.25, -0.2) is 4.79 Å². The van der Waals surface area contributed by atoms with Crippen molar-refractivity contribution >= 4 is 5.97 Å². The largest absolute Gasteiger partial charge is 0.367 e. The van der Waals surface area contributed by atoms with Crippen molar-refractivity contribution in [2.24, 2.45) is 17.3 Å². The lowest BCUT2D eigenvalue weighted by Crippen LogP contribution is -2.47. The molecule has 0 aromatic heterocycles. The molecule has 1 aliphatic heterocycles. The number of carbonyl (C=O) groups excluding carboxylic acids is 1. The molecule has 0 aromatic carbocycles. The Morgan fingerprint density at radius 2 is 1.52 bits per heavy atom. The molecule has 15 heteroatoms. The van der Waals surface area contributed by atoms with Crippen LogP contribution in [0.25, 0.3) is 0 Å². The predicted octanol–water partition coefficient (Wildman–Crippen LogP) is 1.59. The van der Waals surface area contributed by atoms with E-state index in [1.807, 2.05) is 0 Å². The highest BCUT2D eigenvalue weighted by molar-refractivity contribution is 5.75. The van der Waals surface area contributed by atoms with E-state index in [4.69, 9.17) is 4.84 Å². The van der Waals surface area contributed by atoms with Crippen LogP contribution in [0, 0.1) is 47.6 Å². The maximum Gasteiger partial charge on any atom is 0.330 e. The fourth-order valence-corrected chi connectivity index (χ4v) is 3.33. The minimum Gasteiger partial charge on any atom is -0.367 e. The third-order valence-electron chi connectivity index (χ3n) is 5.26. The topological polar surface area (TPSA) is 187 Å². The van der Waals surface area contributed by atoms with Crippen LogP contribution in [0.15, 0.2) is 0 Å². The number of nitrogens with zero attached hydrogens (tertiary/aromatic N) is 4. The highest BCUT2D eigenvalue weighted by atomic mass is 17.0. The quantitative estimate of drug-likeness (QED) is 0.308. The lowest BCUT2D eigenvalue weighted by atomic mass is 9.83. The van der Waals surface area contributed by atoms with Crippen molar-refractivity contribution in [2.45, 2.75) is 52.5 Å². The Balaban J connectivity index is 2.89. The zero-order valence-electron chi connectivity index (χ0n) is 17.9. The van der Waals surface area contributed by atoms with Crippen molar-refractivity contribution in [3.63, 3.8) is 0 Å². The van der Waals surface area contributed by atoms with E-state index in [0.29, 0.717) is 6.42 Å². The summed E-state index contributed by atoms with van der Waals surface area (Å²) in [5.41, 5.74) is -1.86. The van der Waals surface area contributed by atoms with Crippen LogP contribution in [0.5, 0.6) is 0 Å². The Kier molecular flexibility index (Phi) is 9.15. The molecule has 1 heterocycles. The van der Waals surface area contributed by atoms with Crippen molar-refractivity contribution in [2.75, 3.05) is 26.4 Å². The van der Waals surface area contributed by atoms with Gasteiger partial charge in [0.2, 0.25) is 0 Å². The van der Waals surface area contributed by atoms with E-state index in [1.165, 1.54) is 5.06 Å². The summed E-state index contributed by atoms with van der Waals surface area (Å²) in [6, 6.07) is 0. The van der Waals surface area contributed by atoms with Gasteiger partial charge in [-0.15, -0.1) is 35.4 Å². The molecule has 0 amide bonds. The molecule has 31 heavy (non-hydrogen) atoms. The zero-order valence-corrected chi connectivity index (χ0v) is 17.9. The van der Waals surface area contributed by atoms with E-state index in [-0.39, 0.29) is 39.2 Å². The van der Waals surface area contributed by atoms with Crippen LogP contribution in [0.2, 0.25) is 0 Å². The maximum absolute atomic E-state index is 12.7. The molecule has 178 valence electrons. The van der Waals surface area contributed by atoms with Crippen molar-refractivity contribution in [3.05, 3.63) is 30.3 Å². The molecule has 1 rings (SSSR count). The molecule has 1 fully saturated rings. The van der Waals surface area contributed by atoms with E-state index in [2.05, 4.69) is 14.5 Å².